The number of nitrogens with zero attached hydrogens (tertiary/aromatic N) is 2. The molecule has 96 valence electrons. The molecule has 3 N–H and O–H groups in total. The summed E-state index contributed by atoms with van der Waals surface area (Å²) in [6.07, 6.45) is 1.51. The summed E-state index contributed by atoms with van der Waals surface area (Å²) in [5, 5.41) is 12.2. The topological polar surface area (TPSA) is 84.0 Å². The Balaban J connectivity index is 2.31. The fourth-order valence-electron chi connectivity index (χ4n) is 1.76. The predicted octanol–water partition coefficient (Wildman–Crippen LogP) is 2.60. The quantitative estimate of drug-likeness (QED) is 0.879. The van der Waals surface area contributed by atoms with E-state index in [1.807, 2.05) is 25.1 Å². The number of nitrogen functional groups attached to an aromatic ring is 1. The van der Waals surface area contributed by atoms with Gasteiger partial charge in [0.1, 0.15) is 17.6 Å². The Morgan fingerprint density at radius 3 is 2.79 bits per heavy atom. The molecule has 0 aliphatic heterocycles. The van der Waals surface area contributed by atoms with E-state index in [4.69, 9.17) is 15.7 Å². The smallest absolute Gasteiger partial charge is 0.148 e. The third kappa shape index (κ3) is 2.75. The van der Waals surface area contributed by atoms with Crippen LogP contribution in [-0.4, -0.2) is 12.1 Å². The van der Waals surface area contributed by atoms with E-state index in [-0.39, 0.29) is 0 Å². The summed E-state index contributed by atoms with van der Waals surface area (Å²) in [6.45, 7) is 1.95. The van der Waals surface area contributed by atoms with Gasteiger partial charge in [0.05, 0.1) is 24.6 Å². The van der Waals surface area contributed by atoms with Crippen LogP contribution in [0.1, 0.15) is 11.1 Å². The second-order valence-electron chi connectivity index (χ2n) is 4.09. The van der Waals surface area contributed by atoms with Crippen LogP contribution >= 0.6 is 0 Å². The van der Waals surface area contributed by atoms with Crippen molar-refractivity contribution in [2.75, 3.05) is 18.2 Å². The molecular weight excluding hydrogens is 240 g/mol. The van der Waals surface area contributed by atoms with Gasteiger partial charge in [0.15, 0.2) is 0 Å². The third-order valence-corrected chi connectivity index (χ3v) is 2.69. The molecule has 0 aliphatic carbocycles. The first kappa shape index (κ1) is 12.7. The molecule has 5 nitrogen and oxygen atoms in total. The van der Waals surface area contributed by atoms with Crippen molar-refractivity contribution in [3.05, 3.63) is 41.6 Å². The van der Waals surface area contributed by atoms with Crippen molar-refractivity contribution in [3.63, 3.8) is 0 Å². The second-order valence-corrected chi connectivity index (χ2v) is 4.09. The van der Waals surface area contributed by atoms with Gasteiger partial charge >= 0.3 is 0 Å². The summed E-state index contributed by atoms with van der Waals surface area (Å²) < 4.78 is 5.20. The molecular formula is C14H14N4O. The molecule has 1 aromatic heterocycles. The van der Waals surface area contributed by atoms with Gasteiger partial charge in [-0.2, -0.15) is 5.26 Å². The highest BCUT2D eigenvalue weighted by Gasteiger charge is 2.06. The molecule has 0 spiro atoms. The van der Waals surface area contributed by atoms with Crippen molar-refractivity contribution in [1.82, 2.24) is 4.98 Å². The predicted molar refractivity (Wildman–Crippen MR) is 74.4 cm³/mol. The number of rotatable bonds is 3. The Labute approximate surface area is 111 Å². The number of hydrogen-bond acceptors (Lipinski definition) is 5. The Kier molecular flexibility index (Phi) is 3.53. The van der Waals surface area contributed by atoms with E-state index in [1.165, 1.54) is 6.20 Å². The van der Waals surface area contributed by atoms with Crippen LogP contribution in [0.3, 0.4) is 0 Å². The number of methoxy groups -OCH3 is 1. The molecule has 0 fully saturated rings. The van der Waals surface area contributed by atoms with E-state index in [2.05, 4.69) is 16.4 Å². The molecule has 5 heteroatoms. The molecule has 0 saturated carbocycles. The standard InChI is InChI=1S/C14H14N4O/c1-9-5-12(3-4-13(9)19-2)18-14-10(7-15)6-11(16)8-17-14/h3-6,8H,16H2,1-2H3,(H,17,18). The van der Waals surface area contributed by atoms with Crippen molar-refractivity contribution < 1.29 is 4.74 Å². The van der Waals surface area contributed by atoms with Crippen LogP contribution in [0.15, 0.2) is 30.5 Å². The van der Waals surface area contributed by atoms with Crippen molar-refractivity contribution in [2.24, 2.45) is 0 Å². The average molecular weight is 254 g/mol. The van der Waals surface area contributed by atoms with Crippen LogP contribution in [0.5, 0.6) is 5.75 Å². The molecule has 0 saturated heterocycles. The minimum absolute atomic E-state index is 0.411. The number of nitrogens with one attached hydrogen (secondary N) is 1. The summed E-state index contributed by atoms with van der Waals surface area (Å²) in [5.41, 5.74) is 8.32. The maximum absolute atomic E-state index is 9.05. The van der Waals surface area contributed by atoms with E-state index < -0.39 is 0 Å². The van der Waals surface area contributed by atoms with E-state index in [9.17, 15) is 0 Å². The Bertz CT molecular complexity index is 646. The first-order valence-electron chi connectivity index (χ1n) is 5.71. The summed E-state index contributed by atoms with van der Waals surface area (Å²) in [4.78, 5) is 4.13. The normalized spacial score (nSPS) is 9.74. The molecule has 0 radical (unpaired) electrons. The highest BCUT2D eigenvalue weighted by Crippen LogP contribution is 2.25. The number of anilines is 3. The SMILES string of the molecule is COc1ccc(Nc2ncc(N)cc2C#N)cc1C. The Morgan fingerprint density at radius 2 is 2.16 bits per heavy atom. The van der Waals surface area contributed by atoms with Gasteiger partial charge in [0, 0.05) is 5.69 Å². The zero-order chi connectivity index (χ0) is 13.8. The molecule has 0 unspecified atom stereocenters. The fraction of sp³-hybridized carbons (Fsp3) is 0.143. The average Bonchev–Trinajstić information content (AvgIpc) is 2.41. The highest BCUT2D eigenvalue weighted by molar-refractivity contribution is 5.66. The molecule has 2 aromatic rings. The van der Waals surface area contributed by atoms with Crippen molar-refractivity contribution >= 4 is 17.2 Å². The van der Waals surface area contributed by atoms with Crippen molar-refractivity contribution in [1.29, 1.82) is 5.26 Å². The van der Waals surface area contributed by atoms with Gasteiger partial charge in [-0.25, -0.2) is 4.98 Å². The minimum Gasteiger partial charge on any atom is -0.496 e. The Morgan fingerprint density at radius 1 is 1.37 bits per heavy atom. The first-order chi connectivity index (χ1) is 9.13. The molecule has 0 amide bonds. The van der Waals surface area contributed by atoms with Crippen LogP contribution in [0.4, 0.5) is 17.2 Å². The van der Waals surface area contributed by atoms with Crippen LogP contribution < -0.4 is 15.8 Å². The molecule has 0 atom stereocenters. The number of nitriles is 1. The van der Waals surface area contributed by atoms with E-state index in [0.717, 1.165) is 17.0 Å². The monoisotopic (exact) mass is 254 g/mol. The molecule has 1 aromatic carbocycles. The van der Waals surface area contributed by atoms with Crippen LogP contribution in [-0.2, 0) is 0 Å². The molecule has 1 heterocycles. The number of aromatic nitrogens is 1. The van der Waals surface area contributed by atoms with Crippen molar-refractivity contribution in [3.8, 4) is 11.8 Å². The maximum atomic E-state index is 9.05. The molecule has 19 heavy (non-hydrogen) atoms. The van der Waals surface area contributed by atoms with Gasteiger partial charge in [-0.15, -0.1) is 0 Å². The Hall–Kier alpha value is -2.74. The van der Waals surface area contributed by atoms with Gasteiger partial charge in [-0.3, -0.25) is 0 Å². The van der Waals surface area contributed by atoms with Gasteiger partial charge < -0.3 is 15.8 Å². The van der Waals surface area contributed by atoms with E-state index >= 15 is 0 Å². The maximum Gasteiger partial charge on any atom is 0.148 e. The first-order valence-corrected chi connectivity index (χ1v) is 5.71. The number of hydrogen-bond donors (Lipinski definition) is 2. The van der Waals surface area contributed by atoms with Gasteiger partial charge in [0.25, 0.3) is 0 Å². The van der Waals surface area contributed by atoms with Gasteiger partial charge in [0.2, 0.25) is 0 Å². The molecule has 0 bridgehead atoms. The van der Waals surface area contributed by atoms with Crippen LogP contribution in [0.25, 0.3) is 0 Å². The fourth-order valence-corrected chi connectivity index (χ4v) is 1.76. The van der Waals surface area contributed by atoms with Crippen LogP contribution in [0, 0.1) is 18.3 Å². The summed E-state index contributed by atoms with van der Waals surface area (Å²) in [6, 6.07) is 9.31. The number of ether oxygens (including phenoxy) is 1. The van der Waals surface area contributed by atoms with Gasteiger partial charge in [-0.05, 0) is 36.8 Å². The molecule has 2 rings (SSSR count). The zero-order valence-corrected chi connectivity index (χ0v) is 10.8. The minimum atomic E-state index is 0.411. The zero-order valence-electron chi connectivity index (χ0n) is 10.8. The highest BCUT2D eigenvalue weighted by atomic mass is 16.5. The van der Waals surface area contributed by atoms with E-state index in [0.29, 0.717) is 17.1 Å². The lowest BCUT2D eigenvalue weighted by molar-refractivity contribution is 0.412. The summed E-state index contributed by atoms with van der Waals surface area (Å²) in [5.74, 6) is 1.30. The lowest BCUT2D eigenvalue weighted by Gasteiger charge is -2.10. The number of nitrogens with two attached hydrogens (primary N) is 1. The summed E-state index contributed by atoms with van der Waals surface area (Å²) >= 11 is 0. The third-order valence-electron chi connectivity index (χ3n) is 2.69. The lowest BCUT2D eigenvalue weighted by Crippen LogP contribution is -1.99. The number of pyridine rings is 1. The number of benzene rings is 1. The number of aryl methyl sites for hydroxylation is 1. The van der Waals surface area contributed by atoms with Gasteiger partial charge in [-0.1, -0.05) is 0 Å². The van der Waals surface area contributed by atoms with E-state index in [1.54, 1.807) is 13.2 Å². The summed E-state index contributed by atoms with van der Waals surface area (Å²) in [7, 11) is 1.63. The lowest BCUT2D eigenvalue weighted by atomic mass is 10.2. The van der Waals surface area contributed by atoms with Crippen molar-refractivity contribution in [2.45, 2.75) is 6.92 Å². The van der Waals surface area contributed by atoms with Crippen LogP contribution in [0.2, 0.25) is 0 Å². The molecule has 0 aliphatic rings. The largest absolute Gasteiger partial charge is 0.496 e. The second kappa shape index (κ2) is 5.27.